The number of methoxy groups -OCH3 is 1. The molecule has 0 fully saturated rings. The van der Waals surface area contributed by atoms with Crippen molar-refractivity contribution < 1.29 is 33.0 Å². The molecule has 3 N–H and O–H groups in total. The predicted molar refractivity (Wildman–Crippen MR) is 137 cm³/mol. The Hall–Kier alpha value is -2.53. The lowest BCUT2D eigenvalue weighted by Crippen LogP contribution is -2.44. The Labute approximate surface area is 218 Å². The number of aliphatic carboxylic acids is 1. The van der Waals surface area contributed by atoms with Gasteiger partial charge in [0, 0.05) is 44.3 Å². The lowest BCUT2D eigenvalue weighted by Gasteiger charge is -2.25. The topological polar surface area (TPSA) is 113 Å². The zero-order valence-corrected chi connectivity index (χ0v) is 22.2. The average Bonchev–Trinajstić information content (AvgIpc) is 2.84. The van der Waals surface area contributed by atoms with E-state index in [1.54, 1.807) is 21.0 Å². The van der Waals surface area contributed by atoms with Gasteiger partial charge in [-0.25, -0.2) is 23.4 Å². The molecule has 0 aliphatic carbocycles. The molecule has 0 saturated carbocycles. The number of carboxylic acid groups (broad SMARTS) is 1. The second-order valence-corrected chi connectivity index (χ2v) is 10.3. The number of carbonyl (C=O) groups excluding carboxylic acids is 1. The molecule has 0 radical (unpaired) electrons. The summed E-state index contributed by atoms with van der Waals surface area (Å²) in [5, 5.41) is 15.3. The number of carboxylic acids is 1. The molecule has 0 aromatic carbocycles. The summed E-state index contributed by atoms with van der Waals surface area (Å²) in [6.45, 7) is 6.19. The highest BCUT2D eigenvalue weighted by Crippen LogP contribution is 2.25. The van der Waals surface area contributed by atoms with Crippen LogP contribution in [0.5, 0.6) is 0 Å². The first kappa shape index (κ1) is 30.7. The first-order chi connectivity index (χ1) is 17.6. The molecule has 0 saturated heterocycles. The summed E-state index contributed by atoms with van der Waals surface area (Å²) in [6, 6.07) is 3.09. The predicted octanol–water partition coefficient (Wildman–Crippen LogP) is 3.96. The highest BCUT2D eigenvalue weighted by molar-refractivity contribution is 5.79. The molecule has 1 amide bonds. The van der Waals surface area contributed by atoms with Crippen LogP contribution in [-0.2, 0) is 27.1 Å². The van der Waals surface area contributed by atoms with E-state index in [9.17, 15) is 23.5 Å². The van der Waals surface area contributed by atoms with Crippen molar-refractivity contribution in [2.24, 2.45) is 5.41 Å². The maximum atomic E-state index is 12.6. The summed E-state index contributed by atoms with van der Waals surface area (Å²) in [6.07, 6.45) is 1.21. The second kappa shape index (κ2) is 15.7. The van der Waals surface area contributed by atoms with Crippen LogP contribution >= 0.6 is 0 Å². The van der Waals surface area contributed by atoms with Crippen LogP contribution in [0.25, 0.3) is 0 Å². The Balaban J connectivity index is 1.78. The first-order valence-corrected chi connectivity index (χ1v) is 13.0. The minimum absolute atomic E-state index is 0.173. The van der Waals surface area contributed by atoms with Crippen LogP contribution in [0.4, 0.5) is 19.4 Å². The quantitative estimate of drug-likeness (QED) is 0.261. The van der Waals surface area contributed by atoms with E-state index in [4.69, 9.17) is 14.5 Å². The smallest absolute Gasteiger partial charge is 0.407 e. The van der Waals surface area contributed by atoms with Crippen LogP contribution in [0.15, 0.2) is 12.1 Å². The highest BCUT2D eigenvalue weighted by atomic mass is 19.3. The van der Waals surface area contributed by atoms with E-state index < -0.39 is 36.4 Å². The molecule has 2 rings (SSSR count). The molecule has 1 unspecified atom stereocenters. The molecule has 1 aromatic rings. The fourth-order valence-electron chi connectivity index (χ4n) is 4.20. The molecule has 11 heteroatoms. The summed E-state index contributed by atoms with van der Waals surface area (Å²) in [5.74, 6) is -0.184. The Bertz CT molecular complexity index is 856. The van der Waals surface area contributed by atoms with Crippen LogP contribution in [0.1, 0.15) is 57.2 Å². The number of anilines is 1. The molecule has 1 aliphatic rings. The number of halogens is 2. The summed E-state index contributed by atoms with van der Waals surface area (Å²) < 4.78 is 35.5. The Morgan fingerprint density at radius 3 is 2.73 bits per heavy atom. The second-order valence-electron chi connectivity index (χ2n) is 10.3. The van der Waals surface area contributed by atoms with Gasteiger partial charge in [-0.05, 0) is 56.7 Å². The number of ether oxygens (including phenoxy) is 2. The zero-order valence-electron chi connectivity index (χ0n) is 22.2. The molecule has 9 nitrogen and oxygen atoms in total. The van der Waals surface area contributed by atoms with Crippen molar-refractivity contribution in [1.29, 1.82) is 0 Å². The van der Waals surface area contributed by atoms with E-state index in [0.29, 0.717) is 19.7 Å². The Kier molecular flexibility index (Phi) is 13.0. The third-order valence-electron chi connectivity index (χ3n) is 6.35. The maximum Gasteiger partial charge on any atom is 0.407 e. The van der Waals surface area contributed by atoms with E-state index >= 15 is 0 Å². The van der Waals surface area contributed by atoms with E-state index in [1.165, 1.54) is 5.56 Å². The van der Waals surface area contributed by atoms with Crippen molar-refractivity contribution in [1.82, 2.24) is 15.2 Å². The SMILES string of the molecule is COCCN(CCCCc1ccc2c(n1)NCCC2)CCC(NC(=O)OCC(C)(C)CC(F)F)C(=O)O. The molecule has 1 aromatic heterocycles. The molecule has 1 atom stereocenters. The average molecular weight is 529 g/mol. The van der Waals surface area contributed by atoms with Crippen molar-refractivity contribution in [2.75, 3.05) is 51.8 Å². The van der Waals surface area contributed by atoms with E-state index in [1.807, 2.05) is 0 Å². The molecular weight excluding hydrogens is 486 g/mol. The Morgan fingerprint density at radius 2 is 2.03 bits per heavy atom. The van der Waals surface area contributed by atoms with Gasteiger partial charge in [0.05, 0.1) is 13.2 Å². The number of rotatable bonds is 17. The van der Waals surface area contributed by atoms with Crippen molar-refractivity contribution in [2.45, 2.75) is 71.3 Å². The lowest BCUT2D eigenvalue weighted by molar-refractivity contribution is -0.139. The molecule has 0 bridgehead atoms. The fraction of sp³-hybridized carbons (Fsp3) is 0.731. The normalized spacial score (nSPS) is 14.2. The number of pyridine rings is 1. The number of amides is 1. The van der Waals surface area contributed by atoms with Gasteiger partial charge in [-0.3, -0.25) is 0 Å². The number of hydrogen-bond donors (Lipinski definition) is 3. The number of unbranched alkanes of at least 4 members (excludes halogenated alkanes) is 1. The molecule has 2 heterocycles. The lowest BCUT2D eigenvalue weighted by atomic mass is 9.91. The molecule has 37 heavy (non-hydrogen) atoms. The zero-order chi connectivity index (χ0) is 27.3. The first-order valence-electron chi connectivity index (χ1n) is 13.0. The van der Waals surface area contributed by atoms with Gasteiger partial charge in [0.15, 0.2) is 0 Å². The highest BCUT2D eigenvalue weighted by Gasteiger charge is 2.27. The van der Waals surface area contributed by atoms with Crippen LogP contribution in [0.2, 0.25) is 0 Å². The number of nitrogens with one attached hydrogen (secondary N) is 2. The standard InChI is InChI=1S/C26H42F2N4O5/c1-26(2,17-22(27)28)18-37-25(35)31-21(24(33)34)11-14-32(15-16-36-3)13-5-4-8-20-10-9-19-7-6-12-29-23(19)30-20/h9-10,21-22H,4-8,11-18H2,1-3H3,(H,29,30)(H,31,35)(H,33,34). The molecule has 0 spiro atoms. The van der Waals surface area contributed by atoms with Gasteiger partial charge in [-0.1, -0.05) is 19.9 Å². The molecule has 210 valence electrons. The summed E-state index contributed by atoms with van der Waals surface area (Å²) in [7, 11) is 1.61. The van der Waals surface area contributed by atoms with Crippen LogP contribution in [-0.4, -0.2) is 86.0 Å². The number of fused-ring (bicyclic) bond motifs is 1. The number of alkyl halides is 2. The van der Waals surface area contributed by atoms with Crippen LogP contribution < -0.4 is 10.6 Å². The summed E-state index contributed by atoms with van der Waals surface area (Å²) >= 11 is 0. The van der Waals surface area contributed by atoms with Gasteiger partial charge in [0.2, 0.25) is 6.43 Å². The number of nitrogens with zero attached hydrogens (tertiary/aromatic N) is 2. The number of aromatic nitrogens is 1. The minimum atomic E-state index is -2.52. The van der Waals surface area contributed by atoms with Crippen molar-refractivity contribution >= 4 is 17.9 Å². The molecular formula is C26H42F2N4O5. The van der Waals surface area contributed by atoms with Gasteiger partial charge in [0.25, 0.3) is 0 Å². The van der Waals surface area contributed by atoms with Crippen LogP contribution in [0.3, 0.4) is 0 Å². The van der Waals surface area contributed by atoms with Crippen molar-refractivity contribution in [3.63, 3.8) is 0 Å². The van der Waals surface area contributed by atoms with E-state index in [0.717, 1.165) is 56.7 Å². The third kappa shape index (κ3) is 12.0. The number of carbonyl (C=O) groups is 2. The van der Waals surface area contributed by atoms with Crippen molar-refractivity contribution in [3.05, 3.63) is 23.4 Å². The third-order valence-corrected chi connectivity index (χ3v) is 6.35. The maximum absolute atomic E-state index is 12.6. The monoisotopic (exact) mass is 528 g/mol. The van der Waals surface area contributed by atoms with E-state index in [-0.39, 0.29) is 13.0 Å². The Morgan fingerprint density at radius 1 is 1.24 bits per heavy atom. The van der Waals surface area contributed by atoms with Gasteiger partial charge >= 0.3 is 12.1 Å². The summed E-state index contributed by atoms with van der Waals surface area (Å²) in [4.78, 5) is 30.7. The largest absolute Gasteiger partial charge is 0.480 e. The minimum Gasteiger partial charge on any atom is -0.480 e. The van der Waals surface area contributed by atoms with Gasteiger partial charge in [-0.2, -0.15) is 0 Å². The van der Waals surface area contributed by atoms with Gasteiger partial charge < -0.3 is 30.1 Å². The van der Waals surface area contributed by atoms with Gasteiger partial charge in [0.1, 0.15) is 11.9 Å². The number of aryl methyl sites for hydroxylation is 2. The number of hydrogen-bond acceptors (Lipinski definition) is 7. The number of alkyl carbamates (subject to hydrolysis) is 1. The van der Waals surface area contributed by atoms with Gasteiger partial charge in [-0.15, -0.1) is 0 Å². The fourth-order valence-corrected chi connectivity index (χ4v) is 4.20. The molecule has 1 aliphatic heterocycles. The van der Waals surface area contributed by atoms with Crippen molar-refractivity contribution in [3.8, 4) is 0 Å². The van der Waals surface area contributed by atoms with Crippen LogP contribution in [0, 0.1) is 5.41 Å². The van der Waals surface area contributed by atoms with E-state index in [2.05, 4.69) is 27.7 Å². The summed E-state index contributed by atoms with van der Waals surface area (Å²) in [5.41, 5.74) is 1.41.